The summed E-state index contributed by atoms with van der Waals surface area (Å²) in [5.41, 5.74) is 3.34. The van der Waals surface area contributed by atoms with Gasteiger partial charge in [0.25, 0.3) is 5.91 Å². The summed E-state index contributed by atoms with van der Waals surface area (Å²) >= 11 is 1.56. The first-order valence-electron chi connectivity index (χ1n) is 8.20. The number of fused-ring (bicyclic) bond motifs is 1. The van der Waals surface area contributed by atoms with E-state index in [2.05, 4.69) is 15.3 Å². The molecule has 7 heteroatoms. The quantitative estimate of drug-likeness (QED) is 0.699. The van der Waals surface area contributed by atoms with E-state index < -0.39 is 12.1 Å². The minimum Gasteiger partial charge on any atom is -0.449 e. The molecule has 0 aliphatic heterocycles. The lowest BCUT2D eigenvalue weighted by Crippen LogP contribution is -2.35. The Morgan fingerprint density at radius 3 is 2.58 bits per heavy atom. The number of esters is 1. The summed E-state index contributed by atoms with van der Waals surface area (Å²) in [6, 6.07) is 8.84. The lowest BCUT2D eigenvalue weighted by atomic mass is 10.2. The van der Waals surface area contributed by atoms with Gasteiger partial charge in [0.2, 0.25) is 0 Å². The van der Waals surface area contributed by atoms with Crippen molar-refractivity contribution in [3.8, 4) is 0 Å². The first-order valence-corrected chi connectivity index (χ1v) is 9.08. The Morgan fingerprint density at radius 2 is 1.88 bits per heavy atom. The number of hydrogen-bond donors (Lipinski definition) is 1. The van der Waals surface area contributed by atoms with Crippen molar-refractivity contribution in [2.75, 3.05) is 0 Å². The van der Waals surface area contributed by atoms with Crippen molar-refractivity contribution in [1.82, 2.24) is 15.3 Å². The van der Waals surface area contributed by atoms with Crippen molar-refractivity contribution in [1.29, 1.82) is 0 Å². The van der Waals surface area contributed by atoms with E-state index in [-0.39, 0.29) is 5.91 Å². The standard InChI is InChI=1S/C19H19N3O3S/c1-11-12(2)22-17-9-14(6-7-16(17)21-11)19(24)25-13(3)18(23)20-10-15-5-4-8-26-15/h4-9,13H,10H2,1-3H3,(H,20,23)/t13-/m1/s1. The van der Waals surface area contributed by atoms with Crippen LogP contribution in [0.5, 0.6) is 0 Å². The number of thiophene rings is 1. The first kappa shape index (κ1) is 18.0. The molecule has 1 amide bonds. The molecule has 0 saturated heterocycles. The van der Waals surface area contributed by atoms with E-state index in [0.717, 1.165) is 16.3 Å². The van der Waals surface area contributed by atoms with Gasteiger partial charge in [-0.15, -0.1) is 11.3 Å². The van der Waals surface area contributed by atoms with Gasteiger partial charge in [-0.3, -0.25) is 4.79 Å². The van der Waals surface area contributed by atoms with Crippen LogP contribution in [0, 0.1) is 13.8 Å². The number of nitrogens with zero attached hydrogens (tertiary/aromatic N) is 2. The van der Waals surface area contributed by atoms with Crippen LogP contribution >= 0.6 is 11.3 Å². The topological polar surface area (TPSA) is 81.2 Å². The average molecular weight is 369 g/mol. The summed E-state index contributed by atoms with van der Waals surface area (Å²) in [6.07, 6.45) is -0.885. The highest BCUT2D eigenvalue weighted by atomic mass is 32.1. The Labute approximate surface area is 155 Å². The maximum atomic E-state index is 12.3. The molecule has 0 fully saturated rings. The van der Waals surface area contributed by atoms with Gasteiger partial charge in [-0.05, 0) is 50.4 Å². The molecule has 0 spiro atoms. The average Bonchev–Trinajstić information content (AvgIpc) is 3.13. The monoisotopic (exact) mass is 369 g/mol. The number of carbonyl (C=O) groups excluding carboxylic acids is 2. The first-order chi connectivity index (χ1) is 12.4. The highest BCUT2D eigenvalue weighted by molar-refractivity contribution is 7.09. The highest BCUT2D eigenvalue weighted by Gasteiger charge is 2.19. The second kappa shape index (κ2) is 7.61. The van der Waals surface area contributed by atoms with Crippen LogP contribution in [0.3, 0.4) is 0 Å². The molecule has 2 heterocycles. The molecule has 26 heavy (non-hydrogen) atoms. The number of aryl methyl sites for hydroxylation is 2. The van der Waals surface area contributed by atoms with E-state index in [4.69, 9.17) is 4.74 Å². The summed E-state index contributed by atoms with van der Waals surface area (Å²) < 4.78 is 5.28. The maximum absolute atomic E-state index is 12.3. The van der Waals surface area contributed by atoms with E-state index in [0.29, 0.717) is 23.1 Å². The summed E-state index contributed by atoms with van der Waals surface area (Å²) in [4.78, 5) is 34.3. The summed E-state index contributed by atoms with van der Waals surface area (Å²) in [7, 11) is 0. The van der Waals surface area contributed by atoms with E-state index >= 15 is 0 Å². The van der Waals surface area contributed by atoms with Gasteiger partial charge in [0, 0.05) is 4.88 Å². The molecular formula is C19H19N3O3S. The molecule has 0 aliphatic carbocycles. The van der Waals surface area contributed by atoms with E-state index in [1.54, 1.807) is 36.5 Å². The summed E-state index contributed by atoms with van der Waals surface area (Å²) in [5, 5.41) is 4.70. The van der Waals surface area contributed by atoms with Gasteiger partial charge in [0.15, 0.2) is 6.10 Å². The number of amides is 1. The number of aromatic nitrogens is 2. The molecule has 3 aromatic rings. The van der Waals surface area contributed by atoms with Gasteiger partial charge in [0.1, 0.15) is 0 Å². The van der Waals surface area contributed by atoms with Crippen LogP contribution in [-0.4, -0.2) is 27.9 Å². The van der Waals surface area contributed by atoms with E-state index in [1.807, 2.05) is 31.4 Å². The predicted octanol–water partition coefficient (Wildman–Crippen LogP) is 3.17. The summed E-state index contributed by atoms with van der Waals surface area (Å²) in [5.74, 6) is -0.899. The van der Waals surface area contributed by atoms with Gasteiger partial charge >= 0.3 is 5.97 Å². The number of rotatable bonds is 5. The molecule has 0 bridgehead atoms. The second-order valence-corrected chi connectivity index (χ2v) is 6.97. The largest absolute Gasteiger partial charge is 0.449 e. The molecule has 0 aliphatic rings. The van der Waals surface area contributed by atoms with Crippen molar-refractivity contribution in [2.24, 2.45) is 0 Å². The van der Waals surface area contributed by atoms with Gasteiger partial charge in [-0.1, -0.05) is 6.07 Å². The number of benzene rings is 1. The van der Waals surface area contributed by atoms with E-state index in [1.165, 1.54) is 0 Å². The molecule has 0 radical (unpaired) electrons. The second-order valence-electron chi connectivity index (χ2n) is 5.94. The van der Waals surface area contributed by atoms with Crippen molar-refractivity contribution in [3.63, 3.8) is 0 Å². The van der Waals surface area contributed by atoms with Crippen LogP contribution in [0.25, 0.3) is 11.0 Å². The zero-order valence-electron chi connectivity index (χ0n) is 14.8. The third-order valence-corrected chi connectivity index (χ3v) is 4.86. The van der Waals surface area contributed by atoms with Crippen LogP contribution in [0.4, 0.5) is 0 Å². The third-order valence-electron chi connectivity index (χ3n) is 3.98. The molecule has 0 unspecified atom stereocenters. The smallest absolute Gasteiger partial charge is 0.338 e. The number of hydrogen-bond acceptors (Lipinski definition) is 6. The van der Waals surface area contributed by atoms with Crippen LogP contribution in [0.15, 0.2) is 35.7 Å². The normalized spacial score (nSPS) is 12.0. The minimum atomic E-state index is -0.885. The molecule has 1 N–H and O–H groups in total. The third kappa shape index (κ3) is 4.05. The van der Waals surface area contributed by atoms with Crippen molar-refractivity contribution < 1.29 is 14.3 Å². The number of carbonyl (C=O) groups is 2. The Balaban J connectivity index is 1.65. The number of nitrogens with one attached hydrogen (secondary N) is 1. The SMILES string of the molecule is Cc1nc2ccc(C(=O)O[C@H](C)C(=O)NCc3cccs3)cc2nc1C. The fourth-order valence-corrected chi connectivity index (χ4v) is 3.02. The van der Waals surface area contributed by atoms with Gasteiger partial charge in [-0.25, -0.2) is 14.8 Å². The fraction of sp³-hybridized carbons (Fsp3) is 0.263. The van der Waals surface area contributed by atoms with Crippen LogP contribution in [-0.2, 0) is 16.1 Å². The maximum Gasteiger partial charge on any atom is 0.338 e. The molecule has 134 valence electrons. The van der Waals surface area contributed by atoms with Crippen LogP contribution < -0.4 is 5.32 Å². The Bertz CT molecular complexity index is 954. The minimum absolute atomic E-state index is 0.334. The molecule has 1 aromatic carbocycles. The molecule has 1 atom stereocenters. The zero-order chi connectivity index (χ0) is 18.7. The van der Waals surface area contributed by atoms with Gasteiger partial charge in [0.05, 0.1) is 34.5 Å². The lowest BCUT2D eigenvalue weighted by Gasteiger charge is -2.13. The molecule has 0 saturated carbocycles. The Kier molecular flexibility index (Phi) is 5.27. The zero-order valence-corrected chi connectivity index (χ0v) is 15.6. The Hall–Kier alpha value is -2.80. The lowest BCUT2D eigenvalue weighted by molar-refractivity contribution is -0.129. The van der Waals surface area contributed by atoms with Crippen molar-refractivity contribution >= 4 is 34.2 Å². The van der Waals surface area contributed by atoms with Gasteiger partial charge < -0.3 is 10.1 Å². The summed E-state index contributed by atoms with van der Waals surface area (Å²) in [6.45, 7) is 5.73. The Morgan fingerprint density at radius 1 is 1.15 bits per heavy atom. The highest BCUT2D eigenvalue weighted by Crippen LogP contribution is 2.16. The molecule has 3 rings (SSSR count). The van der Waals surface area contributed by atoms with Crippen LogP contribution in [0.2, 0.25) is 0 Å². The van der Waals surface area contributed by atoms with E-state index in [9.17, 15) is 9.59 Å². The van der Waals surface area contributed by atoms with Crippen molar-refractivity contribution in [2.45, 2.75) is 33.4 Å². The predicted molar refractivity (Wildman–Crippen MR) is 100 cm³/mol. The number of ether oxygens (including phenoxy) is 1. The fourth-order valence-electron chi connectivity index (χ4n) is 2.37. The molecular weight excluding hydrogens is 350 g/mol. The van der Waals surface area contributed by atoms with Crippen LogP contribution in [0.1, 0.15) is 33.5 Å². The van der Waals surface area contributed by atoms with Gasteiger partial charge in [-0.2, -0.15) is 0 Å². The molecule has 2 aromatic heterocycles. The van der Waals surface area contributed by atoms with Crippen molar-refractivity contribution in [3.05, 3.63) is 57.5 Å². The molecule has 6 nitrogen and oxygen atoms in total.